The van der Waals surface area contributed by atoms with Crippen LogP contribution in [0.25, 0.3) is 0 Å². The van der Waals surface area contributed by atoms with Gasteiger partial charge in [-0.1, -0.05) is 19.4 Å². The Balaban J connectivity index is 1.90. The van der Waals surface area contributed by atoms with Crippen LogP contribution in [0.3, 0.4) is 0 Å². The highest BCUT2D eigenvalue weighted by molar-refractivity contribution is 5.95. The number of nitrogens with one attached hydrogen (secondary N) is 3. The van der Waals surface area contributed by atoms with Crippen molar-refractivity contribution in [1.82, 2.24) is 10.9 Å². The summed E-state index contributed by atoms with van der Waals surface area (Å²) in [5.41, 5.74) is 6.96. The lowest BCUT2D eigenvalue weighted by Crippen LogP contribution is -2.40. The van der Waals surface area contributed by atoms with Crippen molar-refractivity contribution in [2.75, 3.05) is 12.4 Å². The number of rotatable bonds is 5. The topological polar surface area (TPSA) is 62.4 Å². The SMILES string of the molecule is CCCC1CC(C(=O)Nc2cccc(OC)c2)NN1. The van der Waals surface area contributed by atoms with E-state index in [1.54, 1.807) is 7.11 Å². The summed E-state index contributed by atoms with van der Waals surface area (Å²) >= 11 is 0. The van der Waals surface area contributed by atoms with Gasteiger partial charge in [0.05, 0.1) is 7.11 Å². The van der Waals surface area contributed by atoms with Gasteiger partial charge < -0.3 is 10.1 Å². The first-order valence-corrected chi connectivity index (χ1v) is 6.69. The normalized spacial score (nSPS) is 22.2. The van der Waals surface area contributed by atoms with E-state index in [0.717, 1.165) is 30.7 Å². The maximum absolute atomic E-state index is 12.1. The summed E-state index contributed by atoms with van der Waals surface area (Å²) in [5.74, 6) is 0.721. The molecule has 5 nitrogen and oxygen atoms in total. The number of hydrogen-bond donors (Lipinski definition) is 3. The van der Waals surface area contributed by atoms with Gasteiger partial charge in [0.15, 0.2) is 0 Å². The van der Waals surface area contributed by atoms with Crippen LogP contribution in [0.5, 0.6) is 5.75 Å². The monoisotopic (exact) mass is 263 g/mol. The van der Waals surface area contributed by atoms with Gasteiger partial charge in [0, 0.05) is 17.8 Å². The molecule has 104 valence electrons. The summed E-state index contributed by atoms with van der Waals surface area (Å²) < 4.78 is 5.13. The summed E-state index contributed by atoms with van der Waals surface area (Å²) in [6, 6.07) is 7.57. The number of anilines is 1. The molecule has 0 radical (unpaired) electrons. The van der Waals surface area contributed by atoms with Crippen LogP contribution in [0.2, 0.25) is 0 Å². The molecule has 19 heavy (non-hydrogen) atoms. The third kappa shape index (κ3) is 3.68. The minimum Gasteiger partial charge on any atom is -0.497 e. The van der Waals surface area contributed by atoms with E-state index in [-0.39, 0.29) is 11.9 Å². The lowest BCUT2D eigenvalue weighted by molar-refractivity contribution is -0.117. The molecule has 1 aliphatic heterocycles. The quantitative estimate of drug-likeness (QED) is 0.756. The van der Waals surface area contributed by atoms with E-state index in [1.807, 2.05) is 24.3 Å². The molecule has 2 unspecified atom stereocenters. The van der Waals surface area contributed by atoms with Crippen molar-refractivity contribution in [3.8, 4) is 5.75 Å². The molecule has 0 bridgehead atoms. The summed E-state index contributed by atoms with van der Waals surface area (Å²) in [4.78, 5) is 12.1. The Kier molecular flexibility index (Phi) is 4.76. The van der Waals surface area contributed by atoms with Crippen molar-refractivity contribution in [3.05, 3.63) is 24.3 Å². The summed E-state index contributed by atoms with van der Waals surface area (Å²) in [5, 5.41) is 2.90. The lowest BCUT2D eigenvalue weighted by atomic mass is 10.1. The zero-order valence-electron chi connectivity index (χ0n) is 11.4. The van der Waals surface area contributed by atoms with E-state index < -0.39 is 0 Å². The molecule has 1 aliphatic rings. The molecule has 5 heteroatoms. The predicted molar refractivity (Wildman–Crippen MR) is 75.0 cm³/mol. The van der Waals surface area contributed by atoms with Gasteiger partial charge in [0.1, 0.15) is 11.8 Å². The summed E-state index contributed by atoms with van der Waals surface area (Å²) in [7, 11) is 1.61. The predicted octanol–water partition coefficient (Wildman–Crippen LogP) is 1.67. The van der Waals surface area contributed by atoms with Crippen LogP contribution in [-0.4, -0.2) is 25.1 Å². The minimum absolute atomic E-state index is 0.0145. The number of carbonyl (C=O) groups is 1. The highest BCUT2D eigenvalue weighted by Gasteiger charge is 2.28. The average molecular weight is 263 g/mol. The average Bonchev–Trinajstić information content (AvgIpc) is 2.88. The number of hydrazine groups is 1. The van der Waals surface area contributed by atoms with Crippen LogP contribution in [0, 0.1) is 0 Å². The lowest BCUT2D eigenvalue weighted by Gasteiger charge is -2.11. The van der Waals surface area contributed by atoms with Gasteiger partial charge in [-0.3, -0.25) is 10.2 Å². The fourth-order valence-electron chi connectivity index (χ4n) is 2.26. The highest BCUT2D eigenvalue weighted by atomic mass is 16.5. The fraction of sp³-hybridized carbons (Fsp3) is 0.500. The van der Waals surface area contributed by atoms with Crippen molar-refractivity contribution in [3.63, 3.8) is 0 Å². The summed E-state index contributed by atoms with van der Waals surface area (Å²) in [6.07, 6.45) is 3.02. The Hall–Kier alpha value is -1.59. The molecule has 0 spiro atoms. The van der Waals surface area contributed by atoms with Crippen molar-refractivity contribution < 1.29 is 9.53 Å². The van der Waals surface area contributed by atoms with Crippen LogP contribution >= 0.6 is 0 Å². The number of hydrogen-bond acceptors (Lipinski definition) is 4. The molecule has 0 aromatic heterocycles. The van der Waals surface area contributed by atoms with Gasteiger partial charge in [0.2, 0.25) is 5.91 Å². The molecule has 1 aromatic rings. The second-order valence-electron chi connectivity index (χ2n) is 4.78. The van der Waals surface area contributed by atoms with Gasteiger partial charge in [-0.05, 0) is 25.0 Å². The van der Waals surface area contributed by atoms with Crippen LogP contribution in [0.4, 0.5) is 5.69 Å². The zero-order chi connectivity index (χ0) is 13.7. The fourth-order valence-corrected chi connectivity index (χ4v) is 2.26. The minimum atomic E-state index is -0.178. The summed E-state index contributed by atoms with van der Waals surface area (Å²) in [6.45, 7) is 2.14. The van der Waals surface area contributed by atoms with Crippen molar-refractivity contribution in [2.24, 2.45) is 0 Å². The van der Waals surface area contributed by atoms with Gasteiger partial charge in [-0.2, -0.15) is 0 Å². The van der Waals surface area contributed by atoms with E-state index in [1.165, 1.54) is 0 Å². The highest BCUT2D eigenvalue weighted by Crippen LogP contribution is 2.18. The van der Waals surface area contributed by atoms with Gasteiger partial charge >= 0.3 is 0 Å². The first-order valence-electron chi connectivity index (χ1n) is 6.69. The molecular weight excluding hydrogens is 242 g/mol. The molecule has 1 heterocycles. The molecule has 1 amide bonds. The van der Waals surface area contributed by atoms with Crippen LogP contribution in [0.15, 0.2) is 24.3 Å². The molecule has 2 atom stereocenters. The Morgan fingerprint density at radius 2 is 2.32 bits per heavy atom. The second kappa shape index (κ2) is 6.54. The standard InChI is InChI=1S/C14H21N3O2/c1-3-5-11-9-13(17-16-11)14(18)15-10-6-4-7-12(8-10)19-2/h4,6-8,11,13,16-17H,3,5,9H2,1-2H3,(H,15,18). The molecular formula is C14H21N3O2. The van der Waals surface area contributed by atoms with Crippen LogP contribution in [0.1, 0.15) is 26.2 Å². The molecule has 1 saturated heterocycles. The maximum Gasteiger partial charge on any atom is 0.242 e. The van der Waals surface area contributed by atoms with Gasteiger partial charge in [0.25, 0.3) is 0 Å². The van der Waals surface area contributed by atoms with E-state index in [9.17, 15) is 4.79 Å². The molecule has 0 saturated carbocycles. The van der Waals surface area contributed by atoms with Crippen molar-refractivity contribution in [2.45, 2.75) is 38.3 Å². The third-order valence-corrected chi connectivity index (χ3v) is 3.27. The largest absolute Gasteiger partial charge is 0.497 e. The molecule has 0 aliphatic carbocycles. The van der Waals surface area contributed by atoms with E-state index in [0.29, 0.717) is 6.04 Å². The van der Waals surface area contributed by atoms with Crippen molar-refractivity contribution >= 4 is 11.6 Å². The smallest absolute Gasteiger partial charge is 0.242 e. The van der Waals surface area contributed by atoms with E-state index >= 15 is 0 Å². The first kappa shape index (κ1) is 13.8. The number of benzene rings is 1. The molecule has 1 aromatic carbocycles. The molecule has 2 rings (SSSR count). The number of carbonyl (C=O) groups excluding carboxylic acids is 1. The zero-order valence-corrected chi connectivity index (χ0v) is 11.4. The van der Waals surface area contributed by atoms with Crippen LogP contribution in [-0.2, 0) is 4.79 Å². The number of methoxy groups -OCH3 is 1. The molecule has 1 fully saturated rings. The Morgan fingerprint density at radius 1 is 1.47 bits per heavy atom. The third-order valence-electron chi connectivity index (χ3n) is 3.27. The number of amides is 1. The Morgan fingerprint density at radius 3 is 3.05 bits per heavy atom. The Bertz CT molecular complexity index is 436. The van der Waals surface area contributed by atoms with Crippen molar-refractivity contribution in [1.29, 1.82) is 0 Å². The van der Waals surface area contributed by atoms with Gasteiger partial charge in [-0.15, -0.1) is 0 Å². The molecule has 3 N–H and O–H groups in total. The second-order valence-corrected chi connectivity index (χ2v) is 4.78. The first-order chi connectivity index (χ1) is 9.22. The Labute approximate surface area is 113 Å². The number of ether oxygens (including phenoxy) is 1. The maximum atomic E-state index is 12.1. The van der Waals surface area contributed by atoms with Crippen LogP contribution < -0.4 is 20.9 Å². The van der Waals surface area contributed by atoms with E-state index in [2.05, 4.69) is 23.1 Å². The van der Waals surface area contributed by atoms with Gasteiger partial charge in [-0.25, -0.2) is 5.43 Å². The van der Waals surface area contributed by atoms with E-state index in [4.69, 9.17) is 4.74 Å².